The fourth-order valence-corrected chi connectivity index (χ4v) is 3.27. The molecule has 2 N–H and O–H groups in total. The number of hydrogen-bond donors (Lipinski definition) is 2. The minimum atomic E-state index is -0.815. The summed E-state index contributed by atoms with van der Waals surface area (Å²) in [6.45, 7) is 2.97. The molecule has 1 aliphatic rings. The van der Waals surface area contributed by atoms with E-state index in [1.54, 1.807) is 0 Å². The average molecular weight is 367 g/mol. The number of carboxylic acid groups (broad SMARTS) is 1. The van der Waals surface area contributed by atoms with Gasteiger partial charge in [-0.25, -0.2) is 0 Å². The molecule has 0 spiro atoms. The Morgan fingerprint density at radius 3 is 2.59 bits per heavy atom. The quantitative estimate of drug-likeness (QED) is 0.663. The van der Waals surface area contributed by atoms with E-state index in [-0.39, 0.29) is 18.2 Å². The number of nitrogens with one attached hydrogen (secondary N) is 1. The molecule has 1 fully saturated rings. The normalized spacial score (nSPS) is 18.0. The molecule has 142 valence electrons. The number of hydrogen-bond acceptors (Lipinski definition) is 3. The van der Waals surface area contributed by atoms with Gasteiger partial charge in [-0.15, -0.1) is 0 Å². The number of aliphatic carboxylic acids is 1. The van der Waals surface area contributed by atoms with E-state index >= 15 is 0 Å². The number of carboxylic acids is 1. The standard InChI is InChI=1S/C22H25NO4/c1-15-5-2-3-6-18(15)19-13-20(19)22(26)23-14-16-8-10-17(11-9-16)27-12-4-7-21(24)25/h2-3,5-6,8-11,19-20H,4,7,12-14H2,1H3,(H,23,26)(H,24,25). The van der Waals surface area contributed by atoms with Crippen LogP contribution in [0.1, 0.15) is 41.9 Å². The summed E-state index contributed by atoms with van der Waals surface area (Å²) in [7, 11) is 0. The van der Waals surface area contributed by atoms with Gasteiger partial charge in [-0.05, 0) is 54.5 Å². The molecule has 2 aromatic rings. The Kier molecular flexibility index (Phi) is 6.12. The van der Waals surface area contributed by atoms with Gasteiger partial charge in [-0.2, -0.15) is 0 Å². The topological polar surface area (TPSA) is 75.6 Å². The van der Waals surface area contributed by atoms with Crippen molar-refractivity contribution in [3.63, 3.8) is 0 Å². The minimum absolute atomic E-state index is 0.0722. The van der Waals surface area contributed by atoms with E-state index in [9.17, 15) is 9.59 Å². The number of ether oxygens (including phenoxy) is 1. The third kappa shape index (κ3) is 5.33. The maximum atomic E-state index is 12.4. The van der Waals surface area contributed by atoms with Crippen molar-refractivity contribution in [2.75, 3.05) is 6.61 Å². The largest absolute Gasteiger partial charge is 0.494 e. The number of carbonyl (C=O) groups is 2. The molecule has 0 aromatic heterocycles. The molecule has 2 aromatic carbocycles. The maximum absolute atomic E-state index is 12.4. The molecule has 5 heteroatoms. The molecule has 0 radical (unpaired) electrons. The SMILES string of the molecule is Cc1ccccc1C1CC1C(=O)NCc1ccc(OCCCC(=O)O)cc1. The Hall–Kier alpha value is -2.82. The van der Waals surface area contributed by atoms with Crippen LogP contribution in [0.15, 0.2) is 48.5 Å². The zero-order valence-corrected chi connectivity index (χ0v) is 15.5. The fourth-order valence-electron chi connectivity index (χ4n) is 3.27. The van der Waals surface area contributed by atoms with Gasteiger partial charge >= 0.3 is 5.97 Å². The van der Waals surface area contributed by atoms with E-state index in [2.05, 4.69) is 24.4 Å². The van der Waals surface area contributed by atoms with Crippen molar-refractivity contribution in [1.82, 2.24) is 5.32 Å². The van der Waals surface area contributed by atoms with Gasteiger partial charge in [-0.3, -0.25) is 9.59 Å². The van der Waals surface area contributed by atoms with Crippen LogP contribution in [0.4, 0.5) is 0 Å². The average Bonchev–Trinajstić information content (AvgIpc) is 3.45. The lowest BCUT2D eigenvalue weighted by Gasteiger charge is -2.08. The van der Waals surface area contributed by atoms with Crippen molar-refractivity contribution in [1.29, 1.82) is 0 Å². The van der Waals surface area contributed by atoms with Crippen LogP contribution < -0.4 is 10.1 Å². The molecule has 3 rings (SSSR count). The number of benzene rings is 2. The fraction of sp³-hybridized carbons (Fsp3) is 0.364. The monoisotopic (exact) mass is 367 g/mol. The van der Waals surface area contributed by atoms with Crippen LogP contribution in [0.25, 0.3) is 0 Å². The van der Waals surface area contributed by atoms with Gasteiger partial charge in [0.15, 0.2) is 0 Å². The predicted molar refractivity (Wildman–Crippen MR) is 103 cm³/mol. The third-order valence-electron chi connectivity index (χ3n) is 4.91. The van der Waals surface area contributed by atoms with Crippen LogP contribution in [0.3, 0.4) is 0 Å². The van der Waals surface area contributed by atoms with Crippen molar-refractivity contribution in [3.8, 4) is 5.75 Å². The van der Waals surface area contributed by atoms with E-state index < -0.39 is 5.97 Å². The first kappa shape index (κ1) is 19.0. The summed E-state index contributed by atoms with van der Waals surface area (Å²) in [5, 5.41) is 11.6. The lowest BCUT2D eigenvalue weighted by molar-refractivity contribution is -0.137. The highest BCUT2D eigenvalue weighted by Gasteiger charge is 2.44. The van der Waals surface area contributed by atoms with Crippen molar-refractivity contribution in [2.24, 2.45) is 5.92 Å². The molecule has 1 amide bonds. The second kappa shape index (κ2) is 8.71. The Morgan fingerprint density at radius 1 is 1.15 bits per heavy atom. The Morgan fingerprint density at radius 2 is 1.89 bits per heavy atom. The van der Waals surface area contributed by atoms with Crippen LogP contribution in [-0.4, -0.2) is 23.6 Å². The van der Waals surface area contributed by atoms with Crippen LogP contribution in [-0.2, 0) is 16.1 Å². The van der Waals surface area contributed by atoms with Crippen molar-refractivity contribution >= 4 is 11.9 Å². The van der Waals surface area contributed by atoms with Crippen molar-refractivity contribution in [3.05, 3.63) is 65.2 Å². The number of carbonyl (C=O) groups excluding carboxylic acids is 1. The Labute approximate surface area is 159 Å². The number of amides is 1. The molecule has 0 bridgehead atoms. The van der Waals surface area contributed by atoms with Gasteiger partial charge in [0, 0.05) is 18.9 Å². The molecular formula is C22H25NO4. The summed E-state index contributed by atoms with van der Waals surface area (Å²) in [6.07, 6.45) is 1.51. The smallest absolute Gasteiger partial charge is 0.303 e. The van der Waals surface area contributed by atoms with Gasteiger partial charge in [0.25, 0.3) is 0 Å². The van der Waals surface area contributed by atoms with E-state index in [4.69, 9.17) is 9.84 Å². The molecule has 0 aliphatic heterocycles. The van der Waals surface area contributed by atoms with Crippen LogP contribution >= 0.6 is 0 Å². The summed E-state index contributed by atoms with van der Waals surface area (Å²) in [6, 6.07) is 15.8. The highest BCUT2D eigenvalue weighted by Crippen LogP contribution is 2.48. The molecular weight excluding hydrogens is 342 g/mol. The Balaban J connectivity index is 1.42. The first-order chi connectivity index (χ1) is 13.0. The van der Waals surface area contributed by atoms with Gasteiger partial charge < -0.3 is 15.2 Å². The van der Waals surface area contributed by atoms with Crippen LogP contribution in [0.2, 0.25) is 0 Å². The Bertz CT molecular complexity index is 800. The van der Waals surface area contributed by atoms with Gasteiger partial charge in [0.2, 0.25) is 5.91 Å². The summed E-state index contributed by atoms with van der Waals surface area (Å²) in [4.78, 5) is 22.8. The van der Waals surface area contributed by atoms with Crippen molar-refractivity contribution in [2.45, 2.75) is 38.6 Å². The predicted octanol–water partition coefficient (Wildman–Crippen LogP) is 3.66. The lowest BCUT2D eigenvalue weighted by Crippen LogP contribution is -2.24. The highest BCUT2D eigenvalue weighted by atomic mass is 16.5. The highest BCUT2D eigenvalue weighted by molar-refractivity contribution is 5.83. The van der Waals surface area contributed by atoms with E-state index in [0.29, 0.717) is 31.2 Å². The summed E-state index contributed by atoms with van der Waals surface area (Å²) in [5.41, 5.74) is 3.54. The maximum Gasteiger partial charge on any atom is 0.303 e. The third-order valence-corrected chi connectivity index (χ3v) is 4.91. The number of rotatable bonds is 9. The molecule has 1 saturated carbocycles. The first-order valence-corrected chi connectivity index (χ1v) is 9.31. The number of aryl methyl sites for hydroxylation is 1. The molecule has 2 unspecified atom stereocenters. The zero-order valence-electron chi connectivity index (χ0n) is 15.5. The zero-order chi connectivity index (χ0) is 19.2. The van der Waals surface area contributed by atoms with E-state index in [1.165, 1.54) is 11.1 Å². The van der Waals surface area contributed by atoms with E-state index in [1.807, 2.05) is 36.4 Å². The van der Waals surface area contributed by atoms with Gasteiger partial charge in [-0.1, -0.05) is 36.4 Å². The summed E-state index contributed by atoms with van der Waals surface area (Å²) >= 11 is 0. The second-order valence-corrected chi connectivity index (χ2v) is 7.01. The first-order valence-electron chi connectivity index (χ1n) is 9.31. The molecule has 1 aliphatic carbocycles. The second-order valence-electron chi connectivity index (χ2n) is 7.01. The summed E-state index contributed by atoms with van der Waals surface area (Å²) < 4.78 is 5.51. The summed E-state index contributed by atoms with van der Waals surface area (Å²) in [5.74, 6) is 0.412. The lowest BCUT2D eigenvalue weighted by atomic mass is 10.0. The minimum Gasteiger partial charge on any atom is -0.494 e. The van der Waals surface area contributed by atoms with Crippen LogP contribution in [0.5, 0.6) is 5.75 Å². The molecule has 0 heterocycles. The molecule has 5 nitrogen and oxygen atoms in total. The van der Waals surface area contributed by atoms with Crippen molar-refractivity contribution < 1.29 is 19.4 Å². The van der Waals surface area contributed by atoms with Gasteiger partial charge in [0.1, 0.15) is 5.75 Å². The van der Waals surface area contributed by atoms with Crippen LogP contribution in [0, 0.1) is 12.8 Å². The van der Waals surface area contributed by atoms with Gasteiger partial charge in [0.05, 0.1) is 6.61 Å². The van der Waals surface area contributed by atoms with E-state index in [0.717, 1.165) is 12.0 Å². The molecule has 0 saturated heterocycles. The molecule has 27 heavy (non-hydrogen) atoms. The molecule has 2 atom stereocenters.